The predicted octanol–water partition coefficient (Wildman–Crippen LogP) is -1.28. The van der Waals surface area contributed by atoms with Gasteiger partial charge in [0.15, 0.2) is 6.04 Å². The molecule has 2 amide bonds. The van der Waals surface area contributed by atoms with Crippen LogP contribution in [-0.2, 0) is 19.1 Å². The van der Waals surface area contributed by atoms with Gasteiger partial charge in [0.25, 0.3) is 0 Å². The van der Waals surface area contributed by atoms with Gasteiger partial charge in [-0.2, -0.15) is 0 Å². The number of hydrogen-bond donors (Lipinski definition) is 3. The minimum atomic E-state index is -1.24. The Morgan fingerprint density at radius 2 is 2.00 bits per heavy atom. The van der Waals surface area contributed by atoms with E-state index in [4.69, 9.17) is 5.11 Å². The van der Waals surface area contributed by atoms with Crippen molar-refractivity contribution in [1.82, 2.24) is 10.6 Å². The third kappa shape index (κ3) is 4.54. The molecule has 7 nitrogen and oxygen atoms in total. The maximum Gasteiger partial charge on any atom is 0.330 e. The molecule has 7 heteroatoms. The monoisotopic (exact) mass is 258 g/mol. The molecule has 1 unspecified atom stereocenters. The summed E-state index contributed by atoms with van der Waals surface area (Å²) in [7, 11) is 1.14. The molecule has 0 fully saturated rings. The van der Waals surface area contributed by atoms with E-state index >= 15 is 0 Å². The highest BCUT2D eigenvalue weighted by molar-refractivity contribution is 5.96. The largest absolute Gasteiger partial charge is 0.467 e. The Bertz CT molecular complexity index is 351. The third-order valence-electron chi connectivity index (χ3n) is 2.16. The number of esters is 1. The van der Waals surface area contributed by atoms with Crippen LogP contribution in [0.4, 0.5) is 0 Å². The molecule has 0 radical (unpaired) electrons. The standard InChI is InChI=1S/C11H18N2O5/c1-5-8(15)13-11(2,3)10(17)12-7(6-14)9(16)18-4/h5,7,14H,1,6H2,2-4H3,(H,12,17)(H,13,15). The fourth-order valence-corrected chi connectivity index (χ4v) is 1.08. The smallest absolute Gasteiger partial charge is 0.330 e. The molecule has 0 saturated heterocycles. The van der Waals surface area contributed by atoms with Crippen molar-refractivity contribution in [1.29, 1.82) is 0 Å². The summed E-state index contributed by atoms with van der Waals surface area (Å²) >= 11 is 0. The van der Waals surface area contributed by atoms with E-state index in [-0.39, 0.29) is 0 Å². The van der Waals surface area contributed by atoms with Gasteiger partial charge in [0, 0.05) is 0 Å². The molecule has 0 aromatic rings. The van der Waals surface area contributed by atoms with Gasteiger partial charge < -0.3 is 20.5 Å². The van der Waals surface area contributed by atoms with Crippen molar-refractivity contribution < 1.29 is 24.2 Å². The molecule has 3 N–H and O–H groups in total. The first-order valence-electron chi connectivity index (χ1n) is 5.22. The summed E-state index contributed by atoms with van der Waals surface area (Å²) in [6.07, 6.45) is 1.03. The summed E-state index contributed by atoms with van der Waals surface area (Å²) in [5.74, 6) is -1.91. The second kappa shape index (κ2) is 6.75. The average molecular weight is 258 g/mol. The van der Waals surface area contributed by atoms with Gasteiger partial charge in [-0.3, -0.25) is 9.59 Å². The van der Waals surface area contributed by atoms with Crippen molar-refractivity contribution in [3.8, 4) is 0 Å². The number of methoxy groups -OCH3 is 1. The van der Waals surface area contributed by atoms with Crippen LogP contribution < -0.4 is 10.6 Å². The predicted molar refractivity (Wildman–Crippen MR) is 63.5 cm³/mol. The van der Waals surface area contributed by atoms with Crippen LogP contribution in [0.25, 0.3) is 0 Å². The number of amides is 2. The van der Waals surface area contributed by atoms with Crippen LogP contribution in [0.3, 0.4) is 0 Å². The van der Waals surface area contributed by atoms with Gasteiger partial charge in [-0.15, -0.1) is 0 Å². The van der Waals surface area contributed by atoms with E-state index in [9.17, 15) is 14.4 Å². The Kier molecular flexibility index (Phi) is 6.04. The molecule has 18 heavy (non-hydrogen) atoms. The van der Waals surface area contributed by atoms with Crippen LogP contribution in [0.15, 0.2) is 12.7 Å². The van der Waals surface area contributed by atoms with E-state index in [2.05, 4.69) is 21.9 Å². The zero-order valence-corrected chi connectivity index (χ0v) is 10.6. The van der Waals surface area contributed by atoms with Gasteiger partial charge in [0.2, 0.25) is 11.8 Å². The van der Waals surface area contributed by atoms with E-state index in [1.54, 1.807) is 0 Å². The molecule has 0 aromatic carbocycles. The van der Waals surface area contributed by atoms with E-state index < -0.39 is 36.0 Å². The van der Waals surface area contributed by atoms with E-state index in [1.165, 1.54) is 13.8 Å². The molecule has 0 saturated carbocycles. The van der Waals surface area contributed by atoms with Gasteiger partial charge in [0.1, 0.15) is 5.54 Å². The van der Waals surface area contributed by atoms with Gasteiger partial charge in [-0.25, -0.2) is 4.79 Å². The topological polar surface area (TPSA) is 105 Å². The first-order chi connectivity index (χ1) is 8.28. The van der Waals surface area contributed by atoms with E-state index in [1.807, 2.05) is 0 Å². The van der Waals surface area contributed by atoms with E-state index in [0.29, 0.717) is 0 Å². The lowest BCUT2D eigenvalue weighted by molar-refractivity contribution is -0.147. The Hall–Kier alpha value is -1.89. The van der Waals surface area contributed by atoms with Crippen LogP contribution in [-0.4, -0.2) is 48.2 Å². The lowest BCUT2D eigenvalue weighted by Crippen LogP contribution is -2.58. The molecule has 0 aromatic heterocycles. The summed E-state index contributed by atoms with van der Waals surface area (Å²) in [6, 6.07) is -1.16. The highest BCUT2D eigenvalue weighted by atomic mass is 16.5. The summed E-state index contributed by atoms with van der Waals surface area (Å²) in [6.45, 7) is 5.58. The van der Waals surface area contributed by atoms with Crippen LogP contribution in [0.1, 0.15) is 13.8 Å². The van der Waals surface area contributed by atoms with Crippen molar-refractivity contribution >= 4 is 17.8 Å². The SMILES string of the molecule is C=CC(=O)NC(C)(C)C(=O)NC(CO)C(=O)OC. The highest BCUT2D eigenvalue weighted by Crippen LogP contribution is 2.03. The van der Waals surface area contributed by atoms with Crippen LogP contribution >= 0.6 is 0 Å². The molecule has 0 spiro atoms. The maximum absolute atomic E-state index is 11.8. The number of carbonyl (C=O) groups excluding carboxylic acids is 3. The molecule has 0 aliphatic heterocycles. The minimum absolute atomic E-state index is 0.520. The second-order valence-corrected chi connectivity index (χ2v) is 4.05. The number of ether oxygens (including phenoxy) is 1. The Morgan fingerprint density at radius 3 is 2.39 bits per heavy atom. The maximum atomic E-state index is 11.8. The zero-order chi connectivity index (χ0) is 14.3. The second-order valence-electron chi connectivity index (χ2n) is 4.05. The van der Waals surface area contributed by atoms with Crippen LogP contribution in [0.5, 0.6) is 0 Å². The van der Waals surface area contributed by atoms with Gasteiger partial charge in [-0.05, 0) is 19.9 Å². The lowest BCUT2D eigenvalue weighted by atomic mass is 10.0. The number of nitrogens with one attached hydrogen (secondary N) is 2. The molecular formula is C11H18N2O5. The average Bonchev–Trinajstić information content (AvgIpc) is 2.33. The quantitative estimate of drug-likeness (QED) is 0.406. The molecule has 0 aliphatic carbocycles. The third-order valence-corrected chi connectivity index (χ3v) is 2.16. The zero-order valence-electron chi connectivity index (χ0n) is 10.6. The molecule has 0 heterocycles. The molecule has 102 valence electrons. The van der Waals surface area contributed by atoms with Gasteiger partial charge in [-0.1, -0.05) is 6.58 Å². The summed E-state index contributed by atoms with van der Waals surface area (Å²) in [5, 5.41) is 13.6. The first kappa shape index (κ1) is 16.1. The number of aliphatic hydroxyl groups is 1. The molecule has 0 aliphatic rings. The number of hydrogen-bond acceptors (Lipinski definition) is 5. The van der Waals surface area contributed by atoms with Crippen molar-refractivity contribution in [2.75, 3.05) is 13.7 Å². The number of carbonyl (C=O) groups is 3. The van der Waals surface area contributed by atoms with Crippen molar-refractivity contribution in [3.05, 3.63) is 12.7 Å². The normalized spacial score (nSPS) is 12.2. The Balaban J connectivity index is 4.67. The van der Waals surface area contributed by atoms with Crippen molar-refractivity contribution in [2.24, 2.45) is 0 Å². The highest BCUT2D eigenvalue weighted by Gasteiger charge is 2.32. The summed E-state index contributed by atoms with van der Waals surface area (Å²) in [5.41, 5.74) is -1.24. The molecule has 0 bridgehead atoms. The number of rotatable bonds is 6. The van der Waals surface area contributed by atoms with Crippen molar-refractivity contribution in [3.63, 3.8) is 0 Å². The Morgan fingerprint density at radius 1 is 1.44 bits per heavy atom. The fourth-order valence-electron chi connectivity index (χ4n) is 1.08. The minimum Gasteiger partial charge on any atom is -0.467 e. The van der Waals surface area contributed by atoms with Gasteiger partial charge >= 0.3 is 5.97 Å². The first-order valence-corrected chi connectivity index (χ1v) is 5.22. The molecule has 1 atom stereocenters. The summed E-state index contributed by atoms with van der Waals surface area (Å²) in [4.78, 5) is 34.1. The Labute approximate surface area is 105 Å². The fraction of sp³-hybridized carbons (Fsp3) is 0.545. The van der Waals surface area contributed by atoms with Crippen LogP contribution in [0.2, 0.25) is 0 Å². The van der Waals surface area contributed by atoms with Gasteiger partial charge in [0.05, 0.1) is 13.7 Å². The summed E-state index contributed by atoms with van der Waals surface area (Å²) < 4.78 is 4.40. The number of aliphatic hydroxyl groups excluding tert-OH is 1. The molecular weight excluding hydrogens is 240 g/mol. The van der Waals surface area contributed by atoms with Crippen LogP contribution in [0, 0.1) is 0 Å². The lowest BCUT2D eigenvalue weighted by Gasteiger charge is -2.26. The van der Waals surface area contributed by atoms with E-state index in [0.717, 1.165) is 13.2 Å². The van der Waals surface area contributed by atoms with Crippen molar-refractivity contribution in [2.45, 2.75) is 25.4 Å². The molecule has 0 rings (SSSR count).